The molecule has 0 aliphatic carbocycles. The van der Waals surface area contributed by atoms with Crippen molar-refractivity contribution in [2.45, 2.75) is 171 Å². The first-order valence-electron chi connectivity index (χ1n) is 30.2. The van der Waals surface area contributed by atoms with Crippen LogP contribution >= 0.6 is 11.6 Å². The Kier molecular flexibility index (Phi) is 26.4. The molecule has 0 aromatic heterocycles. The molecule has 0 saturated carbocycles. The Labute approximate surface area is 531 Å². The molecular weight excluding hydrogens is 1080 g/mol. The topological polar surface area (TPSA) is 47.9 Å². The molecule has 0 heterocycles. The average Bonchev–Trinajstić information content (AvgIpc) is 3.18. The monoisotopic (exact) mass is 1180 g/mol. The second-order valence-electron chi connectivity index (χ2n) is 28.1. The number of hydrogen-bond donors (Lipinski definition) is 1. The van der Waals surface area contributed by atoms with E-state index in [1.54, 1.807) is 12.1 Å². The number of phenolic OH excluding ortho intramolecular Hbond substituents is 1. The van der Waals surface area contributed by atoms with E-state index in [9.17, 15) is 5.11 Å². The van der Waals surface area contributed by atoms with Crippen LogP contribution in [0.3, 0.4) is 0 Å². The molecule has 9 rings (SSSR count). The number of benzene rings is 9. The number of rotatable bonds is 6. The van der Waals surface area contributed by atoms with Gasteiger partial charge in [-0.2, -0.15) is 0 Å². The first-order valence-corrected chi connectivity index (χ1v) is 30.5. The van der Waals surface area contributed by atoms with Crippen LogP contribution in [0.4, 0.5) is 0 Å². The number of terminal acetylenes is 1. The zero-order chi connectivity index (χ0) is 64.8. The minimum atomic E-state index is 0.124. The minimum absolute atomic E-state index is 0.124. The highest BCUT2D eigenvalue weighted by Gasteiger charge is 2.18. The third kappa shape index (κ3) is 26.7. The molecule has 0 amide bonds. The Morgan fingerprint density at radius 3 is 0.943 bits per heavy atom. The molecule has 0 atom stereocenters. The van der Waals surface area contributed by atoms with Gasteiger partial charge >= 0.3 is 0 Å². The molecule has 0 unspecified atom stereocenters. The number of para-hydroxylation sites is 1. The summed E-state index contributed by atoms with van der Waals surface area (Å²) in [6.45, 7) is 43.5. The quantitative estimate of drug-likeness (QED) is 0.169. The summed E-state index contributed by atoms with van der Waals surface area (Å²) < 4.78 is 17.4. The van der Waals surface area contributed by atoms with Crippen LogP contribution in [0.25, 0.3) is 0 Å². The van der Waals surface area contributed by atoms with Crippen molar-refractivity contribution in [3.63, 3.8) is 0 Å². The Balaban J connectivity index is 0.000000226. The first kappa shape index (κ1) is 71.5. The van der Waals surface area contributed by atoms with Gasteiger partial charge in [-0.05, 0) is 189 Å². The summed E-state index contributed by atoms with van der Waals surface area (Å²) >= 11 is 5.85. The van der Waals surface area contributed by atoms with Crippen molar-refractivity contribution in [1.82, 2.24) is 0 Å². The third-order valence-corrected chi connectivity index (χ3v) is 14.2. The predicted octanol–water partition coefficient (Wildman–Crippen LogP) is 24.2. The number of phenols is 1. The molecule has 0 bridgehead atoms. The fraction of sp³-hybridized carbons (Fsp3) is 0.317. The molecule has 0 fully saturated rings. The van der Waals surface area contributed by atoms with E-state index in [2.05, 4.69) is 223 Å². The van der Waals surface area contributed by atoms with Crippen molar-refractivity contribution in [1.29, 1.82) is 0 Å². The van der Waals surface area contributed by atoms with E-state index >= 15 is 0 Å². The molecule has 4 nitrogen and oxygen atoms in total. The molecule has 0 radical (unpaired) electrons. The van der Waals surface area contributed by atoms with Crippen LogP contribution in [0.1, 0.15) is 175 Å². The first-order chi connectivity index (χ1) is 40.5. The molecule has 0 saturated heterocycles. The van der Waals surface area contributed by atoms with E-state index in [1.807, 2.05) is 133 Å². The molecular formula is C82H99ClO4. The fourth-order valence-corrected chi connectivity index (χ4v) is 8.37. The lowest BCUT2D eigenvalue weighted by molar-refractivity contribution is 0.471. The van der Waals surface area contributed by atoms with Crippen molar-refractivity contribution in [3.8, 4) is 52.6 Å². The highest BCUT2D eigenvalue weighted by atomic mass is 35.5. The Bertz CT molecular complexity index is 3440. The van der Waals surface area contributed by atoms with Crippen LogP contribution < -0.4 is 14.2 Å². The SMILES string of the molecule is C#Cc1cccc(C(C)(C)C)c1.CC(C)(C)c1ccc(Oc2ccccc2)cc1.CC(C)(C)c1cccc(Cl)c1.CC(C)(C)c1cccc(O)c1.Cc1ccc(Oc2ccc(C(C)(C)C)cc2)cc1.Cc1ccc(Oc2cccc(C(C)(C)C)c2)cc1. The van der Waals surface area contributed by atoms with Crippen LogP contribution in [-0.2, 0) is 32.5 Å². The average molecular weight is 1180 g/mol. The number of ether oxygens (including phenoxy) is 3. The summed E-state index contributed by atoms with van der Waals surface area (Å²) in [6.07, 6.45) is 5.31. The van der Waals surface area contributed by atoms with E-state index < -0.39 is 0 Å². The van der Waals surface area contributed by atoms with Gasteiger partial charge in [0.25, 0.3) is 0 Å². The highest BCUT2D eigenvalue weighted by molar-refractivity contribution is 6.30. The lowest BCUT2D eigenvalue weighted by atomic mass is 9.86. The number of hydrogen-bond acceptors (Lipinski definition) is 4. The van der Waals surface area contributed by atoms with Gasteiger partial charge in [-0.15, -0.1) is 6.42 Å². The van der Waals surface area contributed by atoms with E-state index in [0.717, 1.165) is 50.6 Å². The second kappa shape index (κ2) is 32.1. The maximum absolute atomic E-state index is 9.18. The van der Waals surface area contributed by atoms with Gasteiger partial charge in [0.05, 0.1) is 0 Å². The standard InChI is InChI=1S/2C17H20O.C16H18O.C12H14.C10H13Cl.C10H14O/c1-13-5-9-15(10-6-13)18-16-11-7-14(8-12-16)17(2,3)4;1-13-8-10-15(11-9-13)18-16-7-5-6-14(12-16)17(2,3)4;1-16(2,3)13-9-11-15(12-10-13)17-14-7-5-4-6-8-14;1-5-10-7-6-8-11(9-10)12(2,3)4;2*1-10(2,3)8-5-4-6-9(11)7-8/h2*5-12H,1-4H3;4-12H,1-3H3;1,6-9H,2-4H3;4-7H,1-3H3;4-7,11H,1-3H3. The van der Waals surface area contributed by atoms with Crippen LogP contribution in [0.5, 0.6) is 40.2 Å². The molecule has 0 aliphatic heterocycles. The normalized spacial score (nSPS) is 11.3. The maximum atomic E-state index is 9.18. The van der Waals surface area contributed by atoms with Crippen molar-refractivity contribution in [3.05, 3.63) is 280 Å². The van der Waals surface area contributed by atoms with Crippen LogP contribution in [0.2, 0.25) is 5.02 Å². The van der Waals surface area contributed by atoms with Crippen molar-refractivity contribution >= 4 is 11.6 Å². The molecule has 458 valence electrons. The predicted molar refractivity (Wildman–Crippen MR) is 374 cm³/mol. The Morgan fingerprint density at radius 2 is 0.598 bits per heavy atom. The van der Waals surface area contributed by atoms with Crippen LogP contribution in [-0.4, -0.2) is 5.11 Å². The summed E-state index contributed by atoms with van der Waals surface area (Å²) in [5.74, 6) is 8.27. The summed E-state index contributed by atoms with van der Waals surface area (Å²) in [4.78, 5) is 0. The van der Waals surface area contributed by atoms with Crippen molar-refractivity contribution in [2.75, 3.05) is 0 Å². The molecule has 87 heavy (non-hydrogen) atoms. The third-order valence-electron chi connectivity index (χ3n) is 13.9. The van der Waals surface area contributed by atoms with Gasteiger partial charge in [0.2, 0.25) is 0 Å². The van der Waals surface area contributed by atoms with Gasteiger partial charge in [0.1, 0.15) is 40.2 Å². The van der Waals surface area contributed by atoms with E-state index in [1.165, 1.54) is 38.9 Å². The van der Waals surface area contributed by atoms with Crippen LogP contribution in [0.15, 0.2) is 224 Å². The van der Waals surface area contributed by atoms with E-state index in [0.29, 0.717) is 5.75 Å². The minimum Gasteiger partial charge on any atom is -0.508 e. The number of aromatic hydroxyl groups is 1. The smallest absolute Gasteiger partial charge is 0.127 e. The van der Waals surface area contributed by atoms with E-state index in [-0.39, 0.29) is 32.5 Å². The van der Waals surface area contributed by atoms with Crippen LogP contribution in [0, 0.1) is 26.2 Å². The highest BCUT2D eigenvalue weighted by Crippen LogP contribution is 2.32. The molecule has 1 N–H and O–H groups in total. The fourth-order valence-electron chi connectivity index (χ4n) is 8.18. The summed E-state index contributed by atoms with van der Waals surface area (Å²) in [6, 6.07) is 74.5. The van der Waals surface area contributed by atoms with Gasteiger partial charge < -0.3 is 19.3 Å². The maximum Gasteiger partial charge on any atom is 0.127 e. The Hall–Kier alpha value is -7.97. The van der Waals surface area contributed by atoms with Gasteiger partial charge in [-0.3, -0.25) is 0 Å². The summed E-state index contributed by atoms with van der Waals surface area (Å²) in [5, 5.41) is 9.99. The summed E-state index contributed by atoms with van der Waals surface area (Å²) in [7, 11) is 0. The lowest BCUT2D eigenvalue weighted by Gasteiger charge is -2.19. The van der Waals surface area contributed by atoms with E-state index in [4.69, 9.17) is 32.2 Å². The number of aryl methyl sites for hydroxylation is 2. The molecule has 9 aromatic carbocycles. The zero-order valence-corrected chi connectivity index (χ0v) is 56.7. The van der Waals surface area contributed by atoms with Gasteiger partial charge in [-0.1, -0.05) is 269 Å². The second-order valence-corrected chi connectivity index (χ2v) is 28.5. The van der Waals surface area contributed by atoms with Crippen molar-refractivity contribution < 1.29 is 19.3 Å². The molecule has 9 aromatic rings. The van der Waals surface area contributed by atoms with Gasteiger partial charge in [0.15, 0.2) is 0 Å². The zero-order valence-electron chi connectivity index (χ0n) is 56.0. The Morgan fingerprint density at radius 1 is 0.299 bits per heavy atom. The lowest BCUT2D eigenvalue weighted by Crippen LogP contribution is -2.10. The van der Waals surface area contributed by atoms with Gasteiger partial charge in [0, 0.05) is 10.6 Å². The largest absolute Gasteiger partial charge is 0.508 e. The molecule has 0 spiro atoms. The molecule has 0 aliphatic rings. The van der Waals surface area contributed by atoms with Gasteiger partial charge in [-0.25, -0.2) is 0 Å². The molecule has 5 heteroatoms. The summed E-state index contributed by atoms with van der Waals surface area (Å²) in [5.41, 5.74) is 12.1. The number of halogens is 1. The van der Waals surface area contributed by atoms with Crippen molar-refractivity contribution in [2.24, 2.45) is 0 Å².